The second-order valence-corrected chi connectivity index (χ2v) is 3.99. The van der Waals surface area contributed by atoms with Gasteiger partial charge in [0.25, 0.3) is 0 Å². The Morgan fingerprint density at radius 1 is 1.18 bits per heavy atom. The van der Waals surface area contributed by atoms with Crippen LogP contribution >= 0.6 is 0 Å². The summed E-state index contributed by atoms with van der Waals surface area (Å²) in [6, 6.07) is 7.73. The molecule has 2 heterocycles. The molecule has 0 amide bonds. The normalized spacial score (nSPS) is 12.8. The second-order valence-electron chi connectivity index (χ2n) is 3.99. The number of hydrogen-bond acceptors (Lipinski definition) is 4. The van der Waals surface area contributed by atoms with Crippen LogP contribution in [0.5, 0.6) is 11.5 Å². The zero-order valence-electron chi connectivity index (χ0n) is 9.43. The summed E-state index contributed by atoms with van der Waals surface area (Å²) in [6.07, 6.45) is 1.78. The van der Waals surface area contributed by atoms with Gasteiger partial charge in [0, 0.05) is 11.8 Å². The second kappa shape index (κ2) is 3.66. The lowest BCUT2D eigenvalue weighted by molar-refractivity contribution is 0.174. The van der Waals surface area contributed by atoms with Crippen molar-refractivity contribution >= 4 is 5.82 Å². The molecule has 1 aliphatic rings. The first kappa shape index (κ1) is 9.96. The number of aromatic nitrogens is 1. The van der Waals surface area contributed by atoms with Gasteiger partial charge in [0.15, 0.2) is 11.5 Å². The summed E-state index contributed by atoms with van der Waals surface area (Å²) in [4.78, 5) is 4.12. The molecule has 0 unspecified atom stereocenters. The van der Waals surface area contributed by atoms with Crippen molar-refractivity contribution in [1.82, 2.24) is 4.98 Å². The molecular weight excluding hydrogens is 216 g/mol. The summed E-state index contributed by atoms with van der Waals surface area (Å²) in [6.45, 7) is 2.30. The Kier molecular flexibility index (Phi) is 2.14. The predicted molar refractivity (Wildman–Crippen MR) is 64.9 cm³/mol. The zero-order valence-corrected chi connectivity index (χ0v) is 9.43. The molecule has 1 aromatic heterocycles. The van der Waals surface area contributed by atoms with Crippen molar-refractivity contribution in [3.8, 4) is 22.6 Å². The fourth-order valence-corrected chi connectivity index (χ4v) is 1.94. The first-order valence-electron chi connectivity index (χ1n) is 5.36. The van der Waals surface area contributed by atoms with Crippen LogP contribution in [0, 0.1) is 6.92 Å². The third-order valence-corrected chi connectivity index (χ3v) is 2.82. The van der Waals surface area contributed by atoms with E-state index >= 15 is 0 Å². The molecule has 86 valence electrons. The van der Waals surface area contributed by atoms with Gasteiger partial charge in [0.2, 0.25) is 6.79 Å². The van der Waals surface area contributed by atoms with Gasteiger partial charge >= 0.3 is 0 Å². The van der Waals surface area contributed by atoms with E-state index in [1.807, 2.05) is 31.2 Å². The maximum absolute atomic E-state index is 5.64. The van der Waals surface area contributed by atoms with Gasteiger partial charge in [-0.2, -0.15) is 0 Å². The van der Waals surface area contributed by atoms with E-state index in [1.54, 1.807) is 6.20 Å². The summed E-state index contributed by atoms with van der Waals surface area (Å²) < 4.78 is 10.6. The van der Waals surface area contributed by atoms with Gasteiger partial charge < -0.3 is 15.2 Å². The molecule has 1 aromatic carbocycles. The van der Waals surface area contributed by atoms with E-state index in [9.17, 15) is 0 Å². The first-order chi connectivity index (χ1) is 8.24. The Morgan fingerprint density at radius 3 is 2.82 bits per heavy atom. The molecule has 4 nitrogen and oxygen atoms in total. The molecule has 0 bridgehead atoms. The largest absolute Gasteiger partial charge is 0.454 e. The molecule has 1 aliphatic heterocycles. The average Bonchev–Trinajstić information content (AvgIpc) is 2.75. The fourth-order valence-electron chi connectivity index (χ4n) is 1.94. The molecule has 0 spiro atoms. The maximum Gasteiger partial charge on any atom is 0.231 e. The number of nitrogen functional groups attached to an aromatic ring is 1. The number of fused-ring (bicyclic) bond motifs is 1. The standard InChI is InChI=1S/C13H12N2O2/c1-8-4-13(14)15-6-10(8)9-2-3-11-12(5-9)17-7-16-11/h2-6H,7H2,1H3,(H2,14,15). The number of anilines is 1. The molecule has 0 radical (unpaired) electrons. The Morgan fingerprint density at radius 2 is 2.00 bits per heavy atom. The van der Waals surface area contributed by atoms with Crippen LogP contribution < -0.4 is 15.2 Å². The average molecular weight is 228 g/mol. The molecule has 3 rings (SSSR count). The number of benzene rings is 1. The van der Waals surface area contributed by atoms with Gasteiger partial charge in [-0.3, -0.25) is 0 Å². The lowest BCUT2D eigenvalue weighted by Gasteiger charge is -2.07. The van der Waals surface area contributed by atoms with Gasteiger partial charge in [-0.05, 0) is 36.2 Å². The van der Waals surface area contributed by atoms with Crippen molar-refractivity contribution in [3.05, 3.63) is 36.0 Å². The number of rotatable bonds is 1. The number of nitrogens with zero attached hydrogens (tertiary/aromatic N) is 1. The van der Waals surface area contributed by atoms with E-state index in [4.69, 9.17) is 15.2 Å². The quantitative estimate of drug-likeness (QED) is 0.814. The number of hydrogen-bond donors (Lipinski definition) is 1. The minimum Gasteiger partial charge on any atom is -0.454 e. The van der Waals surface area contributed by atoms with Gasteiger partial charge in [0.05, 0.1) is 0 Å². The van der Waals surface area contributed by atoms with Crippen molar-refractivity contribution in [2.45, 2.75) is 6.92 Å². The van der Waals surface area contributed by atoms with Gasteiger partial charge in [-0.1, -0.05) is 6.07 Å². The number of nitrogens with two attached hydrogens (primary N) is 1. The van der Waals surface area contributed by atoms with E-state index in [0.29, 0.717) is 5.82 Å². The minimum absolute atomic E-state index is 0.289. The van der Waals surface area contributed by atoms with Crippen molar-refractivity contribution in [1.29, 1.82) is 0 Å². The van der Waals surface area contributed by atoms with Gasteiger partial charge in [0.1, 0.15) is 5.82 Å². The Hall–Kier alpha value is -2.23. The molecule has 0 saturated carbocycles. The highest BCUT2D eigenvalue weighted by Crippen LogP contribution is 2.36. The van der Waals surface area contributed by atoms with Crippen molar-refractivity contribution in [2.75, 3.05) is 12.5 Å². The molecule has 2 aromatic rings. The maximum atomic E-state index is 5.64. The number of ether oxygens (including phenoxy) is 2. The third-order valence-electron chi connectivity index (χ3n) is 2.82. The van der Waals surface area contributed by atoms with Crippen LogP contribution in [0.15, 0.2) is 30.5 Å². The molecule has 4 heteroatoms. The lowest BCUT2D eigenvalue weighted by Crippen LogP contribution is -1.93. The zero-order chi connectivity index (χ0) is 11.8. The van der Waals surface area contributed by atoms with Crippen LogP contribution in [0.1, 0.15) is 5.56 Å². The first-order valence-corrected chi connectivity index (χ1v) is 5.36. The van der Waals surface area contributed by atoms with Crippen LogP contribution in [-0.2, 0) is 0 Å². The van der Waals surface area contributed by atoms with Crippen molar-refractivity contribution in [2.24, 2.45) is 0 Å². The topological polar surface area (TPSA) is 57.4 Å². The molecular formula is C13H12N2O2. The Balaban J connectivity index is 2.09. The van der Waals surface area contributed by atoms with Crippen LogP contribution in [0.2, 0.25) is 0 Å². The smallest absolute Gasteiger partial charge is 0.231 e. The van der Waals surface area contributed by atoms with Crippen LogP contribution in [0.25, 0.3) is 11.1 Å². The highest BCUT2D eigenvalue weighted by atomic mass is 16.7. The van der Waals surface area contributed by atoms with E-state index in [0.717, 1.165) is 28.2 Å². The molecule has 0 saturated heterocycles. The SMILES string of the molecule is Cc1cc(N)ncc1-c1ccc2c(c1)OCO2. The molecule has 0 atom stereocenters. The summed E-state index contributed by atoms with van der Waals surface area (Å²) in [5.41, 5.74) is 8.84. The fraction of sp³-hybridized carbons (Fsp3) is 0.154. The van der Waals surface area contributed by atoms with Crippen LogP contribution in [0.4, 0.5) is 5.82 Å². The monoisotopic (exact) mass is 228 g/mol. The number of aryl methyl sites for hydroxylation is 1. The van der Waals surface area contributed by atoms with Gasteiger partial charge in [-0.15, -0.1) is 0 Å². The third kappa shape index (κ3) is 1.67. The highest BCUT2D eigenvalue weighted by molar-refractivity contribution is 5.70. The summed E-state index contributed by atoms with van der Waals surface area (Å²) in [5.74, 6) is 2.10. The molecule has 0 aliphatic carbocycles. The number of pyridine rings is 1. The van der Waals surface area contributed by atoms with E-state index in [1.165, 1.54) is 0 Å². The highest BCUT2D eigenvalue weighted by Gasteiger charge is 2.14. The summed E-state index contributed by atoms with van der Waals surface area (Å²) >= 11 is 0. The molecule has 2 N–H and O–H groups in total. The van der Waals surface area contributed by atoms with Crippen LogP contribution in [0.3, 0.4) is 0 Å². The minimum atomic E-state index is 0.289. The summed E-state index contributed by atoms with van der Waals surface area (Å²) in [7, 11) is 0. The molecule has 0 fully saturated rings. The molecule has 17 heavy (non-hydrogen) atoms. The van der Waals surface area contributed by atoms with Gasteiger partial charge in [-0.25, -0.2) is 4.98 Å². The predicted octanol–water partition coefficient (Wildman–Crippen LogP) is 2.37. The van der Waals surface area contributed by atoms with E-state index < -0.39 is 0 Å². The van der Waals surface area contributed by atoms with Crippen molar-refractivity contribution in [3.63, 3.8) is 0 Å². The summed E-state index contributed by atoms with van der Waals surface area (Å²) in [5, 5.41) is 0. The Bertz CT molecular complexity index is 582. The van der Waals surface area contributed by atoms with Crippen LogP contribution in [-0.4, -0.2) is 11.8 Å². The lowest BCUT2D eigenvalue weighted by atomic mass is 10.0. The van der Waals surface area contributed by atoms with E-state index in [2.05, 4.69) is 4.98 Å². The Labute approximate surface area is 99.0 Å². The van der Waals surface area contributed by atoms with E-state index in [-0.39, 0.29) is 6.79 Å². The van der Waals surface area contributed by atoms with Crippen molar-refractivity contribution < 1.29 is 9.47 Å².